The SMILES string of the molecule is Cc1ccccc1CN(C)C(=O)c1cc([N+](=O)[O-])c[nH]c1=O. The van der Waals surface area contributed by atoms with Gasteiger partial charge in [-0.25, -0.2) is 0 Å². The molecular weight excluding hydrogens is 286 g/mol. The second-order valence-electron chi connectivity index (χ2n) is 4.95. The Morgan fingerprint density at radius 3 is 2.68 bits per heavy atom. The average Bonchev–Trinajstić information content (AvgIpc) is 2.49. The number of nitro groups is 1. The minimum absolute atomic E-state index is 0.245. The van der Waals surface area contributed by atoms with Crippen LogP contribution in [0.15, 0.2) is 41.3 Å². The molecule has 114 valence electrons. The van der Waals surface area contributed by atoms with Crippen molar-refractivity contribution in [1.29, 1.82) is 0 Å². The highest BCUT2D eigenvalue weighted by Gasteiger charge is 2.19. The monoisotopic (exact) mass is 301 g/mol. The van der Waals surface area contributed by atoms with Crippen molar-refractivity contribution < 1.29 is 9.72 Å². The number of rotatable bonds is 4. The lowest BCUT2D eigenvalue weighted by atomic mass is 10.1. The first kappa shape index (κ1) is 15.4. The first-order chi connectivity index (χ1) is 10.4. The number of H-pyrrole nitrogens is 1. The molecule has 1 N–H and O–H groups in total. The molecule has 1 amide bonds. The summed E-state index contributed by atoms with van der Waals surface area (Å²) in [5.74, 6) is -0.562. The third-order valence-electron chi connectivity index (χ3n) is 3.34. The van der Waals surface area contributed by atoms with Crippen LogP contribution in [-0.4, -0.2) is 27.8 Å². The molecule has 0 saturated carbocycles. The Bertz CT molecular complexity index is 782. The molecule has 7 nitrogen and oxygen atoms in total. The molecule has 0 aliphatic carbocycles. The van der Waals surface area contributed by atoms with Crippen molar-refractivity contribution in [3.8, 4) is 0 Å². The molecule has 1 heterocycles. The Morgan fingerprint density at radius 1 is 1.36 bits per heavy atom. The fraction of sp³-hybridized carbons (Fsp3) is 0.200. The predicted molar refractivity (Wildman–Crippen MR) is 80.7 cm³/mol. The molecule has 0 fully saturated rings. The zero-order valence-corrected chi connectivity index (χ0v) is 12.2. The van der Waals surface area contributed by atoms with E-state index in [0.717, 1.165) is 23.4 Å². The number of benzene rings is 1. The summed E-state index contributed by atoms with van der Waals surface area (Å²) in [6.45, 7) is 2.24. The van der Waals surface area contributed by atoms with Crippen LogP contribution in [-0.2, 0) is 6.54 Å². The van der Waals surface area contributed by atoms with E-state index in [2.05, 4.69) is 4.98 Å². The number of amides is 1. The molecule has 2 rings (SSSR count). The highest BCUT2D eigenvalue weighted by molar-refractivity contribution is 5.94. The van der Waals surface area contributed by atoms with Crippen molar-refractivity contribution in [3.63, 3.8) is 0 Å². The maximum Gasteiger partial charge on any atom is 0.286 e. The van der Waals surface area contributed by atoms with Gasteiger partial charge in [0.25, 0.3) is 17.2 Å². The van der Waals surface area contributed by atoms with E-state index < -0.39 is 16.4 Å². The molecule has 0 atom stereocenters. The molecular formula is C15H15N3O4. The van der Waals surface area contributed by atoms with Crippen LogP contribution in [0.25, 0.3) is 0 Å². The molecule has 0 aliphatic heterocycles. The van der Waals surface area contributed by atoms with E-state index in [4.69, 9.17) is 0 Å². The van der Waals surface area contributed by atoms with Gasteiger partial charge in [-0.05, 0) is 18.1 Å². The summed E-state index contributed by atoms with van der Waals surface area (Å²) in [5.41, 5.74) is 0.750. The fourth-order valence-corrected chi connectivity index (χ4v) is 2.06. The Kier molecular flexibility index (Phi) is 4.36. The van der Waals surface area contributed by atoms with Crippen LogP contribution in [0, 0.1) is 17.0 Å². The Morgan fingerprint density at radius 2 is 2.05 bits per heavy atom. The number of pyridine rings is 1. The van der Waals surface area contributed by atoms with Crippen molar-refractivity contribution in [2.75, 3.05) is 7.05 Å². The quantitative estimate of drug-likeness (QED) is 0.688. The van der Waals surface area contributed by atoms with Crippen molar-refractivity contribution >= 4 is 11.6 Å². The van der Waals surface area contributed by atoms with Crippen LogP contribution in [0.3, 0.4) is 0 Å². The minimum Gasteiger partial charge on any atom is -0.337 e. The van der Waals surface area contributed by atoms with Crippen LogP contribution in [0.4, 0.5) is 5.69 Å². The summed E-state index contributed by atoms with van der Waals surface area (Å²) in [5, 5.41) is 10.8. The Hall–Kier alpha value is -2.96. The number of hydrogen-bond donors (Lipinski definition) is 1. The zero-order chi connectivity index (χ0) is 16.3. The molecule has 0 bridgehead atoms. The molecule has 0 spiro atoms. The van der Waals surface area contributed by atoms with Crippen LogP contribution in [0.1, 0.15) is 21.5 Å². The Labute approximate surface area is 126 Å². The fourth-order valence-electron chi connectivity index (χ4n) is 2.06. The van der Waals surface area contributed by atoms with Crippen LogP contribution >= 0.6 is 0 Å². The van der Waals surface area contributed by atoms with Gasteiger partial charge in [0.15, 0.2) is 0 Å². The van der Waals surface area contributed by atoms with Gasteiger partial charge in [0.2, 0.25) is 0 Å². The lowest BCUT2D eigenvalue weighted by molar-refractivity contribution is -0.385. The van der Waals surface area contributed by atoms with E-state index in [1.54, 1.807) is 7.05 Å². The molecule has 1 aromatic carbocycles. The number of carbonyl (C=O) groups excluding carboxylic acids is 1. The van der Waals surface area contributed by atoms with E-state index in [1.807, 2.05) is 31.2 Å². The van der Waals surface area contributed by atoms with Crippen LogP contribution < -0.4 is 5.56 Å². The number of aromatic amines is 1. The number of aryl methyl sites for hydroxylation is 1. The summed E-state index contributed by atoms with van der Waals surface area (Å²) in [7, 11) is 1.55. The number of hydrogen-bond acceptors (Lipinski definition) is 4. The topological polar surface area (TPSA) is 96.3 Å². The number of aromatic nitrogens is 1. The maximum atomic E-state index is 12.3. The van der Waals surface area contributed by atoms with Gasteiger partial charge >= 0.3 is 0 Å². The second-order valence-corrected chi connectivity index (χ2v) is 4.95. The second kappa shape index (κ2) is 6.21. The molecule has 0 unspecified atom stereocenters. The maximum absolute atomic E-state index is 12.3. The smallest absolute Gasteiger partial charge is 0.286 e. The summed E-state index contributed by atoms with van der Waals surface area (Å²) >= 11 is 0. The molecule has 1 aromatic heterocycles. The van der Waals surface area contributed by atoms with Gasteiger partial charge in [0.1, 0.15) is 5.56 Å². The van der Waals surface area contributed by atoms with E-state index >= 15 is 0 Å². The first-order valence-electron chi connectivity index (χ1n) is 6.57. The zero-order valence-electron chi connectivity index (χ0n) is 12.2. The van der Waals surface area contributed by atoms with Crippen LogP contribution in [0.5, 0.6) is 0 Å². The molecule has 7 heteroatoms. The summed E-state index contributed by atoms with van der Waals surface area (Å²) in [6, 6.07) is 8.56. The van der Waals surface area contributed by atoms with E-state index in [-0.39, 0.29) is 11.3 Å². The van der Waals surface area contributed by atoms with E-state index in [0.29, 0.717) is 6.54 Å². The number of carbonyl (C=O) groups is 1. The third-order valence-corrected chi connectivity index (χ3v) is 3.34. The van der Waals surface area contributed by atoms with Crippen molar-refractivity contribution in [3.05, 3.63) is 73.7 Å². The normalized spacial score (nSPS) is 10.3. The standard InChI is InChI=1S/C15H15N3O4/c1-10-5-3-4-6-11(10)9-17(2)15(20)13-7-12(18(21)22)8-16-14(13)19/h3-8H,9H2,1-2H3,(H,16,19). The van der Waals surface area contributed by atoms with Gasteiger partial charge in [0, 0.05) is 19.7 Å². The summed E-state index contributed by atoms with van der Waals surface area (Å²) in [6.07, 6.45) is 0.973. The molecule has 2 aromatic rings. The van der Waals surface area contributed by atoms with Crippen LogP contribution in [0.2, 0.25) is 0 Å². The van der Waals surface area contributed by atoms with E-state index in [1.165, 1.54) is 4.90 Å². The van der Waals surface area contributed by atoms with Gasteiger partial charge in [-0.2, -0.15) is 0 Å². The highest BCUT2D eigenvalue weighted by Crippen LogP contribution is 2.13. The lowest BCUT2D eigenvalue weighted by Crippen LogP contribution is -2.31. The van der Waals surface area contributed by atoms with Crippen molar-refractivity contribution in [2.24, 2.45) is 0 Å². The molecule has 0 aliphatic rings. The average molecular weight is 301 g/mol. The molecule has 22 heavy (non-hydrogen) atoms. The van der Waals surface area contributed by atoms with Gasteiger partial charge in [-0.15, -0.1) is 0 Å². The van der Waals surface area contributed by atoms with Gasteiger partial charge < -0.3 is 9.88 Å². The lowest BCUT2D eigenvalue weighted by Gasteiger charge is -2.18. The van der Waals surface area contributed by atoms with E-state index in [9.17, 15) is 19.7 Å². The minimum atomic E-state index is -0.659. The van der Waals surface area contributed by atoms with Crippen molar-refractivity contribution in [2.45, 2.75) is 13.5 Å². The van der Waals surface area contributed by atoms with Gasteiger partial charge in [-0.3, -0.25) is 19.7 Å². The highest BCUT2D eigenvalue weighted by atomic mass is 16.6. The first-order valence-corrected chi connectivity index (χ1v) is 6.57. The summed E-state index contributed by atoms with van der Waals surface area (Å²) < 4.78 is 0. The number of nitrogens with zero attached hydrogens (tertiary/aromatic N) is 2. The summed E-state index contributed by atoms with van der Waals surface area (Å²) in [4.78, 5) is 37.7. The molecule has 0 radical (unpaired) electrons. The van der Waals surface area contributed by atoms with Gasteiger partial charge in [-0.1, -0.05) is 24.3 Å². The van der Waals surface area contributed by atoms with Crippen molar-refractivity contribution in [1.82, 2.24) is 9.88 Å². The largest absolute Gasteiger partial charge is 0.337 e. The van der Waals surface area contributed by atoms with Gasteiger partial charge in [0.05, 0.1) is 11.1 Å². The predicted octanol–water partition coefficient (Wildman–Crippen LogP) is 1.86. The third kappa shape index (κ3) is 3.20. The number of nitrogens with one attached hydrogen (secondary N) is 1. The Balaban J connectivity index is 2.28. The molecule has 0 saturated heterocycles.